The van der Waals surface area contributed by atoms with E-state index in [0.29, 0.717) is 19.6 Å². The molecule has 0 saturated heterocycles. The van der Waals surface area contributed by atoms with Crippen LogP contribution in [0.3, 0.4) is 0 Å². The van der Waals surface area contributed by atoms with Gasteiger partial charge in [0.05, 0.1) is 24.5 Å². The lowest BCUT2D eigenvalue weighted by molar-refractivity contribution is 0.268. The Morgan fingerprint density at radius 3 is 2.94 bits per heavy atom. The average molecular weight is 248 g/mol. The highest BCUT2D eigenvalue weighted by molar-refractivity contribution is 5.01. The van der Waals surface area contributed by atoms with E-state index in [2.05, 4.69) is 25.6 Å². The van der Waals surface area contributed by atoms with Crippen molar-refractivity contribution < 1.29 is 5.11 Å². The number of hydrogen-bond acceptors (Lipinski definition) is 6. The van der Waals surface area contributed by atoms with E-state index >= 15 is 0 Å². The smallest absolute Gasteiger partial charge is 0.125 e. The summed E-state index contributed by atoms with van der Waals surface area (Å²) in [5, 5.41) is 19.9. The molecule has 0 saturated carbocycles. The van der Waals surface area contributed by atoms with Crippen molar-refractivity contribution in [3.8, 4) is 0 Å². The molecule has 2 heterocycles. The fourth-order valence-electron chi connectivity index (χ4n) is 1.55. The minimum absolute atomic E-state index is 0.0659. The zero-order valence-electron chi connectivity index (χ0n) is 10.2. The van der Waals surface area contributed by atoms with E-state index in [1.165, 1.54) is 0 Å². The molecule has 2 N–H and O–H groups in total. The van der Waals surface area contributed by atoms with Crippen LogP contribution in [0.2, 0.25) is 0 Å². The van der Waals surface area contributed by atoms with Gasteiger partial charge in [0.2, 0.25) is 0 Å². The summed E-state index contributed by atoms with van der Waals surface area (Å²) >= 11 is 0. The van der Waals surface area contributed by atoms with Gasteiger partial charge in [0.15, 0.2) is 0 Å². The van der Waals surface area contributed by atoms with E-state index in [1.54, 1.807) is 10.9 Å². The highest BCUT2D eigenvalue weighted by Crippen LogP contribution is 1.96. The highest BCUT2D eigenvalue weighted by atomic mass is 16.3. The first-order valence-electron chi connectivity index (χ1n) is 5.77. The van der Waals surface area contributed by atoms with Crippen molar-refractivity contribution in [2.45, 2.75) is 26.6 Å². The molecule has 2 aromatic rings. The van der Waals surface area contributed by atoms with E-state index in [9.17, 15) is 0 Å². The molecule has 0 atom stereocenters. The lowest BCUT2D eigenvalue weighted by atomic mass is 10.4. The summed E-state index contributed by atoms with van der Waals surface area (Å²) in [6.45, 7) is 3.68. The minimum atomic E-state index is 0.0659. The molecule has 96 valence electrons. The Balaban J connectivity index is 1.81. The maximum Gasteiger partial charge on any atom is 0.125 e. The summed E-state index contributed by atoms with van der Waals surface area (Å²) in [4.78, 5) is 8.33. The van der Waals surface area contributed by atoms with E-state index < -0.39 is 0 Å². The van der Waals surface area contributed by atoms with Gasteiger partial charge in [-0.3, -0.25) is 0 Å². The van der Waals surface area contributed by atoms with Crippen LogP contribution in [0.15, 0.2) is 18.5 Å². The summed E-state index contributed by atoms with van der Waals surface area (Å²) in [6, 6.07) is 1.88. The van der Waals surface area contributed by atoms with Crippen LogP contribution >= 0.6 is 0 Å². The molecule has 7 nitrogen and oxygen atoms in total. The Labute approximate surface area is 105 Å². The fourth-order valence-corrected chi connectivity index (χ4v) is 1.55. The first kappa shape index (κ1) is 12.6. The monoisotopic (exact) mass is 248 g/mol. The maximum absolute atomic E-state index is 8.76. The Kier molecular flexibility index (Phi) is 4.32. The third-order valence-corrected chi connectivity index (χ3v) is 2.36. The van der Waals surface area contributed by atoms with Crippen LogP contribution in [0.5, 0.6) is 0 Å². The standard InChI is InChI=1S/C11H16N6O/c1-9-13-3-2-10(14-9)6-12-7-11-8-17(4-5-18)16-15-11/h2-3,8,12,18H,4-7H2,1H3. The first-order valence-corrected chi connectivity index (χ1v) is 5.77. The van der Waals surface area contributed by atoms with Crippen LogP contribution in [0.1, 0.15) is 17.2 Å². The normalized spacial score (nSPS) is 10.8. The largest absolute Gasteiger partial charge is 0.394 e. The highest BCUT2D eigenvalue weighted by Gasteiger charge is 2.00. The molecule has 0 aliphatic carbocycles. The van der Waals surface area contributed by atoms with E-state index in [0.717, 1.165) is 17.2 Å². The molecule has 2 aromatic heterocycles. The molecule has 0 aromatic carbocycles. The molecule has 0 fully saturated rings. The average Bonchev–Trinajstić information content (AvgIpc) is 2.78. The Bertz CT molecular complexity index is 498. The molecular formula is C11H16N6O. The predicted molar refractivity (Wildman–Crippen MR) is 64.4 cm³/mol. The zero-order chi connectivity index (χ0) is 12.8. The van der Waals surface area contributed by atoms with E-state index in [1.807, 2.05) is 19.2 Å². The van der Waals surface area contributed by atoms with E-state index in [-0.39, 0.29) is 6.61 Å². The second kappa shape index (κ2) is 6.18. The van der Waals surface area contributed by atoms with Gasteiger partial charge in [-0.2, -0.15) is 0 Å². The number of rotatable bonds is 6. The fraction of sp³-hybridized carbons (Fsp3) is 0.455. The Morgan fingerprint density at radius 2 is 2.17 bits per heavy atom. The zero-order valence-corrected chi connectivity index (χ0v) is 10.2. The molecule has 0 amide bonds. The Morgan fingerprint density at radius 1 is 1.33 bits per heavy atom. The van der Waals surface area contributed by atoms with Crippen molar-refractivity contribution in [1.29, 1.82) is 0 Å². The molecule has 0 aliphatic rings. The number of aliphatic hydroxyl groups excluding tert-OH is 1. The maximum atomic E-state index is 8.76. The summed E-state index contributed by atoms with van der Waals surface area (Å²) in [5.41, 5.74) is 1.79. The van der Waals surface area contributed by atoms with Crippen molar-refractivity contribution >= 4 is 0 Å². The number of nitrogens with zero attached hydrogens (tertiary/aromatic N) is 5. The lowest BCUT2D eigenvalue weighted by Crippen LogP contribution is -2.14. The van der Waals surface area contributed by atoms with Gasteiger partial charge < -0.3 is 10.4 Å². The summed E-state index contributed by atoms with van der Waals surface area (Å²) in [5.74, 6) is 0.767. The van der Waals surface area contributed by atoms with Gasteiger partial charge in [-0.15, -0.1) is 5.10 Å². The van der Waals surface area contributed by atoms with Crippen LogP contribution in [0.4, 0.5) is 0 Å². The minimum Gasteiger partial charge on any atom is -0.394 e. The quantitative estimate of drug-likeness (QED) is 0.727. The van der Waals surface area contributed by atoms with Gasteiger partial charge in [-0.1, -0.05) is 5.21 Å². The first-order chi connectivity index (χ1) is 8.78. The van der Waals surface area contributed by atoms with Crippen LogP contribution in [-0.2, 0) is 19.6 Å². The molecule has 0 bridgehead atoms. The van der Waals surface area contributed by atoms with Gasteiger partial charge in [0.1, 0.15) is 5.82 Å². The number of aromatic nitrogens is 5. The second-order valence-corrected chi connectivity index (χ2v) is 3.90. The van der Waals surface area contributed by atoms with Crippen LogP contribution in [0.25, 0.3) is 0 Å². The van der Waals surface area contributed by atoms with Gasteiger partial charge in [-0.25, -0.2) is 14.6 Å². The van der Waals surface area contributed by atoms with Crippen molar-refractivity contribution in [2.75, 3.05) is 6.61 Å². The summed E-state index contributed by atoms with van der Waals surface area (Å²) in [7, 11) is 0. The predicted octanol–water partition coefficient (Wildman–Crippen LogP) is -0.341. The molecule has 2 rings (SSSR count). The topological polar surface area (TPSA) is 88.8 Å². The van der Waals surface area contributed by atoms with Crippen molar-refractivity contribution in [2.24, 2.45) is 0 Å². The number of hydrogen-bond donors (Lipinski definition) is 2. The number of aliphatic hydroxyl groups is 1. The number of nitrogens with one attached hydrogen (secondary N) is 1. The van der Waals surface area contributed by atoms with Crippen LogP contribution < -0.4 is 5.32 Å². The third kappa shape index (κ3) is 3.57. The molecule has 0 radical (unpaired) electrons. The Hall–Kier alpha value is -1.86. The molecule has 0 unspecified atom stereocenters. The second-order valence-electron chi connectivity index (χ2n) is 3.90. The van der Waals surface area contributed by atoms with Gasteiger partial charge in [-0.05, 0) is 13.0 Å². The SMILES string of the molecule is Cc1nccc(CNCc2cn(CCO)nn2)n1. The van der Waals surface area contributed by atoms with Crippen molar-refractivity contribution in [1.82, 2.24) is 30.3 Å². The summed E-state index contributed by atoms with van der Waals surface area (Å²) in [6.07, 6.45) is 3.56. The number of aryl methyl sites for hydroxylation is 1. The van der Waals surface area contributed by atoms with Crippen molar-refractivity contribution in [3.63, 3.8) is 0 Å². The van der Waals surface area contributed by atoms with Gasteiger partial charge in [0, 0.05) is 25.5 Å². The van der Waals surface area contributed by atoms with Crippen molar-refractivity contribution in [3.05, 3.63) is 35.7 Å². The summed E-state index contributed by atoms with van der Waals surface area (Å²) < 4.78 is 1.62. The third-order valence-electron chi connectivity index (χ3n) is 2.36. The molecular weight excluding hydrogens is 232 g/mol. The van der Waals surface area contributed by atoms with Crippen LogP contribution in [-0.4, -0.2) is 36.7 Å². The molecule has 18 heavy (non-hydrogen) atoms. The van der Waals surface area contributed by atoms with Gasteiger partial charge >= 0.3 is 0 Å². The molecule has 0 spiro atoms. The molecule has 0 aliphatic heterocycles. The van der Waals surface area contributed by atoms with Gasteiger partial charge in [0.25, 0.3) is 0 Å². The lowest BCUT2D eigenvalue weighted by Gasteiger charge is -2.02. The van der Waals surface area contributed by atoms with E-state index in [4.69, 9.17) is 5.11 Å². The molecule has 7 heteroatoms. The van der Waals surface area contributed by atoms with Crippen LogP contribution in [0, 0.1) is 6.92 Å².